The predicted octanol–water partition coefficient (Wildman–Crippen LogP) is 5.26. The molecule has 1 fully saturated rings. The quantitative estimate of drug-likeness (QED) is 0.249. The number of rotatable bonds is 14. The molecule has 1 aliphatic rings. The summed E-state index contributed by atoms with van der Waals surface area (Å²) < 4.78 is 10.9. The Hall–Kier alpha value is -0.570. The summed E-state index contributed by atoms with van der Waals surface area (Å²) >= 11 is 0. The average molecular weight is 312 g/mol. The highest BCUT2D eigenvalue weighted by Gasteiger charge is 2.45. The van der Waals surface area contributed by atoms with E-state index in [-0.39, 0.29) is 18.2 Å². The summed E-state index contributed by atoms with van der Waals surface area (Å²) in [6, 6.07) is 0. The highest BCUT2D eigenvalue weighted by molar-refractivity contribution is 5.77. The number of ether oxygens (including phenoxy) is 2. The van der Waals surface area contributed by atoms with E-state index in [9.17, 15) is 4.79 Å². The maximum Gasteiger partial charge on any atom is 0.338 e. The third kappa shape index (κ3) is 8.17. The first-order valence-corrected chi connectivity index (χ1v) is 9.54. The summed E-state index contributed by atoms with van der Waals surface area (Å²) in [4.78, 5) is 11.9. The van der Waals surface area contributed by atoms with E-state index < -0.39 is 0 Å². The van der Waals surface area contributed by atoms with Crippen LogP contribution in [0.3, 0.4) is 0 Å². The fraction of sp³-hybridized carbons (Fsp3) is 0.947. The van der Waals surface area contributed by atoms with Crippen LogP contribution >= 0.6 is 0 Å². The normalized spacial score (nSPS) is 21.6. The van der Waals surface area contributed by atoms with Gasteiger partial charge in [0.05, 0.1) is 12.7 Å². The van der Waals surface area contributed by atoms with Crippen LogP contribution in [0.5, 0.6) is 0 Å². The molecular weight excluding hydrogens is 276 g/mol. The molecule has 0 radical (unpaired) electrons. The third-order valence-corrected chi connectivity index (χ3v) is 4.66. The topological polar surface area (TPSA) is 38.8 Å². The number of carbonyl (C=O) groups excluding carboxylic acids is 1. The van der Waals surface area contributed by atoms with Crippen molar-refractivity contribution in [3.8, 4) is 0 Å². The molecular formula is C19H36O3. The van der Waals surface area contributed by atoms with Crippen LogP contribution in [0.2, 0.25) is 0 Å². The molecule has 1 heterocycles. The zero-order valence-electron chi connectivity index (χ0n) is 14.9. The summed E-state index contributed by atoms with van der Waals surface area (Å²) in [5, 5.41) is 0. The first-order chi connectivity index (χ1) is 10.7. The molecule has 0 spiro atoms. The highest BCUT2D eigenvalue weighted by atomic mass is 16.6. The second kappa shape index (κ2) is 11.9. The zero-order chi connectivity index (χ0) is 16.2. The van der Waals surface area contributed by atoms with Gasteiger partial charge in [0.15, 0.2) is 6.10 Å². The van der Waals surface area contributed by atoms with Gasteiger partial charge in [0.25, 0.3) is 0 Å². The van der Waals surface area contributed by atoms with Crippen LogP contribution in [0, 0.1) is 5.92 Å². The smallest absolute Gasteiger partial charge is 0.338 e. The molecule has 3 unspecified atom stereocenters. The van der Waals surface area contributed by atoms with Gasteiger partial charge in [0.2, 0.25) is 0 Å². The number of hydrogen-bond acceptors (Lipinski definition) is 3. The Morgan fingerprint density at radius 2 is 1.68 bits per heavy atom. The summed E-state index contributed by atoms with van der Waals surface area (Å²) in [6.07, 6.45) is 13.3. The lowest BCUT2D eigenvalue weighted by Gasteiger charge is -2.13. The van der Waals surface area contributed by atoms with Crippen molar-refractivity contribution in [3.63, 3.8) is 0 Å². The molecule has 0 amide bonds. The Morgan fingerprint density at radius 1 is 1.00 bits per heavy atom. The Morgan fingerprint density at radius 3 is 2.36 bits per heavy atom. The number of carbonyl (C=O) groups is 1. The second-order valence-corrected chi connectivity index (χ2v) is 6.70. The van der Waals surface area contributed by atoms with E-state index in [0.717, 1.165) is 19.3 Å². The Bertz CT molecular complexity index is 290. The van der Waals surface area contributed by atoms with E-state index in [1.807, 2.05) is 0 Å². The highest BCUT2D eigenvalue weighted by Crippen LogP contribution is 2.29. The van der Waals surface area contributed by atoms with Crippen LogP contribution in [-0.4, -0.2) is 24.8 Å². The molecule has 22 heavy (non-hydrogen) atoms. The lowest BCUT2D eigenvalue weighted by molar-refractivity contribution is -0.146. The van der Waals surface area contributed by atoms with Crippen molar-refractivity contribution in [2.45, 2.75) is 104 Å². The molecule has 1 saturated heterocycles. The first kappa shape index (κ1) is 19.5. The van der Waals surface area contributed by atoms with Crippen LogP contribution in [-0.2, 0) is 14.3 Å². The van der Waals surface area contributed by atoms with Crippen LogP contribution in [0.25, 0.3) is 0 Å². The lowest BCUT2D eigenvalue weighted by Crippen LogP contribution is -2.19. The van der Waals surface area contributed by atoms with E-state index in [0.29, 0.717) is 12.5 Å². The lowest BCUT2D eigenvalue weighted by atomic mass is 10.0. The number of esters is 1. The van der Waals surface area contributed by atoms with E-state index >= 15 is 0 Å². The standard InChI is InChI=1S/C19H36O3/c1-4-7-9-10-11-12-14-17-18(22-17)19(20)21-15-16(6-3)13-8-5-2/h16-18H,4-15H2,1-3H3. The Balaban J connectivity index is 2.03. The summed E-state index contributed by atoms with van der Waals surface area (Å²) in [5.41, 5.74) is 0. The fourth-order valence-electron chi connectivity index (χ4n) is 2.88. The van der Waals surface area contributed by atoms with E-state index in [1.54, 1.807) is 0 Å². The largest absolute Gasteiger partial charge is 0.463 e. The monoisotopic (exact) mass is 312 g/mol. The molecule has 0 N–H and O–H groups in total. The van der Waals surface area contributed by atoms with Crippen LogP contribution < -0.4 is 0 Å². The molecule has 1 rings (SSSR count). The molecule has 0 aliphatic carbocycles. The first-order valence-electron chi connectivity index (χ1n) is 9.54. The van der Waals surface area contributed by atoms with E-state index in [4.69, 9.17) is 9.47 Å². The summed E-state index contributed by atoms with van der Waals surface area (Å²) in [5.74, 6) is 0.380. The van der Waals surface area contributed by atoms with Gasteiger partial charge in [-0.05, 0) is 18.8 Å². The maximum atomic E-state index is 11.9. The van der Waals surface area contributed by atoms with E-state index in [1.165, 1.54) is 51.4 Å². The minimum absolute atomic E-state index is 0.133. The predicted molar refractivity (Wildman–Crippen MR) is 90.9 cm³/mol. The molecule has 1 aliphatic heterocycles. The van der Waals surface area contributed by atoms with Gasteiger partial charge >= 0.3 is 5.97 Å². The van der Waals surface area contributed by atoms with Gasteiger partial charge in [-0.25, -0.2) is 4.79 Å². The molecule has 3 atom stereocenters. The zero-order valence-corrected chi connectivity index (χ0v) is 14.9. The van der Waals surface area contributed by atoms with Gasteiger partial charge in [-0.3, -0.25) is 0 Å². The average Bonchev–Trinajstić information content (AvgIpc) is 3.30. The minimum Gasteiger partial charge on any atom is -0.463 e. The Labute approximate surface area is 137 Å². The van der Waals surface area contributed by atoms with Gasteiger partial charge < -0.3 is 9.47 Å². The SMILES string of the molecule is CCCCCCCCC1OC1C(=O)OCC(CC)CCCC. The van der Waals surface area contributed by atoms with Crippen molar-refractivity contribution >= 4 is 5.97 Å². The van der Waals surface area contributed by atoms with Gasteiger partial charge in [0.1, 0.15) is 0 Å². The van der Waals surface area contributed by atoms with Crippen molar-refractivity contribution < 1.29 is 14.3 Å². The molecule has 130 valence electrons. The van der Waals surface area contributed by atoms with Gasteiger partial charge in [-0.1, -0.05) is 78.6 Å². The van der Waals surface area contributed by atoms with Crippen molar-refractivity contribution in [1.82, 2.24) is 0 Å². The van der Waals surface area contributed by atoms with Crippen LogP contribution in [0.4, 0.5) is 0 Å². The van der Waals surface area contributed by atoms with Crippen molar-refractivity contribution in [1.29, 1.82) is 0 Å². The maximum absolute atomic E-state index is 11.9. The van der Waals surface area contributed by atoms with Crippen molar-refractivity contribution in [3.05, 3.63) is 0 Å². The molecule has 3 heteroatoms. The fourth-order valence-corrected chi connectivity index (χ4v) is 2.88. The van der Waals surface area contributed by atoms with Crippen LogP contribution in [0.15, 0.2) is 0 Å². The molecule has 0 aromatic rings. The number of epoxide rings is 1. The Kier molecular flexibility index (Phi) is 10.6. The molecule has 3 nitrogen and oxygen atoms in total. The number of hydrogen-bond donors (Lipinski definition) is 0. The summed E-state index contributed by atoms with van der Waals surface area (Å²) in [7, 11) is 0. The number of unbranched alkanes of at least 4 members (excludes halogenated alkanes) is 6. The summed E-state index contributed by atoms with van der Waals surface area (Å²) in [6.45, 7) is 7.17. The minimum atomic E-state index is -0.265. The molecule has 0 aromatic heterocycles. The van der Waals surface area contributed by atoms with Crippen LogP contribution in [0.1, 0.15) is 91.4 Å². The van der Waals surface area contributed by atoms with Gasteiger partial charge in [-0.2, -0.15) is 0 Å². The van der Waals surface area contributed by atoms with E-state index in [2.05, 4.69) is 20.8 Å². The second-order valence-electron chi connectivity index (χ2n) is 6.70. The molecule has 0 aromatic carbocycles. The molecule has 0 saturated carbocycles. The third-order valence-electron chi connectivity index (χ3n) is 4.66. The molecule has 0 bridgehead atoms. The van der Waals surface area contributed by atoms with Gasteiger partial charge in [0, 0.05) is 0 Å². The van der Waals surface area contributed by atoms with Crippen molar-refractivity contribution in [2.24, 2.45) is 5.92 Å². The van der Waals surface area contributed by atoms with Crippen molar-refractivity contribution in [2.75, 3.05) is 6.61 Å². The van der Waals surface area contributed by atoms with Gasteiger partial charge in [-0.15, -0.1) is 0 Å².